The van der Waals surface area contributed by atoms with Crippen LogP contribution in [-0.2, 0) is 13.6 Å². The number of nitrogens with zero attached hydrogens (tertiary/aromatic N) is 1. The maximum absolute atomic E-state index is 13.3. The molecular weight excluding hydrogens is 367 g/mol. The normalized spacial score (nSPS) is 20.5. The maximum atomic E-state index is 13.3. The van der Waals surface area contributed by atoms with Crippen molar-refractivity contribution in [3.63, 3.8) is 0 Å². The summed E-state index contributed by atoms with van der Waals surface area (Å²) in [6, 6.07) is 15.5. The molecule has 2 aromatic carbocycles. The van der Waals surface area contributed by atoms with Gasteiger partial charge in [-0.2, -0.15) is 5.10 Å². The molecule has 0 bridgehead atoms. The van der Waals surface area contributed by atoms with E-state index in [1.807, 2.05) is 6.07 Å². The van der Waals surface area contributed by atoms with Crippen LogP contribution in [0.15, 0.2) is 59.7 Å². The Labute approximate surface area is 155 Å². The van der Waals surface area contributed by atoms with Crippen LogP contribution in [0.1, 0.15) is 32.2 Å². The van der Waals surface area contributed by atoms with Crippen molar-refractivity contribution >= 4 is 24.6 Å². The molecule has 27 heavy (non-hydrogen) atoms. The molecule has 1 aliphatic carbocycles. The van der Waals surface area contributed by atoms with Crippen LogP contribution in [0.5, 0.6) is 0 Å². The molecule has 1 unspecified atom stereocenters. The quantitative estimate of drug-likeness (QED) is 0.643. The van der Waals surface area contributed by atoms with Crippen LogP contribution >= 0.6 is 7.60 Å². The Hall–Kier alpha value is -2.60. The fourth-order valence-corrected chi connectivity index (χ4v) is 5.12. The number of hydrogen-bond donors (Lipinski definition) is 1. The first kappa shape index (κ1) is 17.8. The third-order valence-electron chi connectivity index (χ3n) is 5.06. The van der Waals surface area contributed by atoms with E-state index >= 15 is 0 Å². The van der Waals surface area contributed by atoms with Gasteiger partial charge in [0.1, 0.15) is 0 Å². The number of carbonyl (C=O) groups excluding carboxylic acids is 2. The molecule has 1 aliphatic heterocycles. The highest BCUT2D eigenvalue weighted by molar-refractivity contribution is 7.72. The molecular formula is C19H17N2O5P. The Balaban J connectivity index is 1.94. The molecule has 1 atom stereocenters. The number of rotatable bonds is 4. The van der Waals surface area contributed by atoms with E-state index in [2.05, 4.69) is 10.5 Å². The molecule has 1 N–H and O–H groups in total. The summed E-state index contributed by atoms with van der Waals surface area (Å²) < 4.78 is 23.4. The van der Waals surface area contributed by atoms with E-state index in [9.17, 15) is 14.2 Å². The van der Waals surface area contributed by atoms with E-state index in [1.54, 1.807) is 48.5 Å². The Morgan fingerprint density at radius 3 is 1.96 bits per heavy atom. The summed E-state index contributed by atoms with van der Waals surface area (Å²) in [6.45, 7) is 0. The second-order valence-corrected chi connectivity index (χ2v) is 8.48. The minimum Gasteiger partial charge on any atom is -0.308 e. The van der Waals surface area contributed by atoms with Crippen molar-refractivity contribution in [3.8, 4) is 0 Å². The first-order valence-electron chi connectivity index (χ1n) is 8.30. The van der Waals surface area contributed by atoms with Crippen LogP contribution in [0.4, 0.5) is 0 Å². The molecule has 2 aliphatic rings. The Morgan fingerprint density at radius 2 is 1.44 bits per heavy atom. The van der Waals surface area contributed by atoms with Crippen LogP contribution in [0.25, 0.3) is 0 Å². The fourth-order valence-electron chi connectivity index (χ4n) is 3.76. The second kappa shape index (κ2) is 6.23. The van der Waals surface area contributed by atoms with Crippen LogP contribution in [0, 0.1) is 0 Å². The number of nitrogens with one attached hydrogen (secondary N) is 1. The molecule has 4 rings (SSSR count). The standard InChI is InChI=1S/C19H17N2O5P/c1-25-27(24,26-2)18-15(12-8-4-3-5-9-12)19(21-20-18)16(22)13-10-6-7-11-14(13)17(19)23/h3-11,15,21H,1-2H3. The average molecular weight is 384 g/mol. The molecule has 0 fully saturated rings. The van der Waals surface area contributed by atoms with Crippen molar-refractivity contribution in [1.82, 2.24) is 5.43 Å². The molecule has 0 saturated heterocycles. The lowest BCUT2D eigenvalue weighted by Gasteiger charge is -2.29. The number of benzene rings is 2. The van der Waals surface area contributed by atoms with Gasteiger partial charge in [0.2, 0.25) is 0 Å². The van der Waals surface area contributed by atoms with Gasteiger partial charge >= 0.3 is 7.60 Å². The van der Waals surface area contributed by atoms with Gasteiger partial charge in [-0.3, -0.25) is 19.6 Å². The van der Waals surface area contributed by atoms with E-state index in [1.165, 1.54) is 14.2 Å². The first-order valence-corrected chi connectivity index (χ1v) is 9.84. The van der Waals surface area contributed by atoms with Gasteiger partial charge in [0.15, 0.2) is 22.6 Å². The van der Waals surface area contributed by atoms with E-state index in [0.29, 0.717) is 16.7 Å². The van der Waals surface area contributed by atoms with E-state index in [-0.39, 0.29) is 5.45 Å². The summed E-state index contributed by atoms with van der Waals surface area (Å²) in [5.74, 6) is -1.74. The predicted octanol–water partition coefficient (Wildman–Crippen LogP) is 2.99. The molecule has 0 saturated carbocycles. The lowest BCUT2D eigenvalue weighted by molar-refractivity contribution is 0.0761. The van der Waals surface area contributed by atoms with Crippen molar-refractivity contribution < 1.29 is 23.2 Å². The molecule has 0 aromatic heterocycles. The van der Waals surface area contributed by atoms with Crippen molar-refractivity contribution in [2.75, 3.05) is 14.2 Å². The highest BCUT2D eigenvalue weighted by Gasteiger charge is 2.65. The molecule has 138 valence electrons. The zero-order chi connectivity index (χ0) is 19.2. The van der Waals surface area contributed by atoms with Crippen LogP contribution in [-0.4, -0.2) is 36.8 Å². The van der Waals surface area contributed by atoms with Gasteiger partial charge in [-0.05, 0) is 5.56 Å². The SMILES string of the molecule is COP(=O)(OC)C1=NNC2(C(=O)c3ccccc3C2=O)C1c1ccccc1. The molecule has 0 amide bonds. The topological polar surface area (TPSA) is 94.1 Å². The number of fused-ring (bicyclic) bond motifs is 1. The predicted molar refractivity (Wildman–Crippen MR) is 99.2 cm³/mol. The first-order chi connectivity index (χ1) is 13.0. The number of ketones is 2. The lowest BCUT2D eigenvalue weighted by atomic mass is 9.77. The maximum Gasteiger partial charge on any atom is 0.377 e. The average Bonchev–Trinajstić information content (AvgIpc) is 3.23. The number of hydrogen-bond acceptors (Lipinski definition) is 7. The van der Waals surface area contributed by atoms with Gasteiger partial charge in [-0.25, -0.2) is 0 Å². The number of hydrazone groups is 1. The third kappa shape index (κ3) is 2.29. The van der Waals surface area contributed by atoms with E-state index in [0.717, 1.165) is 0 Å². The molecule has 1 heterocycles. The van der Waals surface area contributed by atoms with Crippen molar-refractivity contribution in [2.24, 2.45) is 5.10 Å². The zero-order valence-electron chi connectivity index (χ0n) is 14.7. The summed E-state index contributed by atoms with van der Waals surface area (Å²) in [7, 11) is -1.31. The number of Topliss-reactive ketones (excluding diaryl/α,β-unsaturated/α-hetero) is 2. The third-order valence-corrected chi connectivity index (χ3v) is 6.95. The molecule has 0 radical (unpaired) electrons. The van der Waals surface area contributed by atoms with Crippen molar-refractivity contribution in [1.29, 1.82) is 0 Å². The Kier molecular flexibility index (Phi) is 4.11. The summed E-state index contributed by atoms with van der Waals surface area (Å²) in [5.41, 5.74) is 2.26. The lowest BCUT2D eigenvalue weighted by Crippen LogP contribution is -2.54. The smallest absolute Gasteiger partial charge is 0.308 e. The summed E-state index contributed by atoms with van der Waals surface area (Å²) >= 11 is 0. The van der Waals surface area contributed by atoms with Gasteiger partial charge in [0.05, 0.1) is 5.92 Å². The summed E-state index contributed by atoms with van der Waals surface area (Å²) in [4.78, 5) is 26.7. The van der Waals surface area contributed by atoms with Gasteiger partial charge < -0.3 is 9.05 Å². The van der Waals surface area contributed by atoms with E-state index < -0.39 is 30.6 Å². The molecule has 1 spiro atoms. The van der Waals surface area contributed by atoms with Gasteiger partial charge in [-0.1, -0.05) is 54.6 Å². The van der Waals surface area contributed by atoms with Gasteiger partial charge in [-0.15, -0.1) is 0 Å². The molecule has 8 heteroatoms. The Bertz CT molecular complexity index is 975. The van der Waals surface area contributed by atoms with Crippen molar-refractivity contribution in [3.05, 3.63) is 71.3 Å². The van der Waals surface area contributed by atoms with Gasteiger partial charge in [0, 0.05) is 25.3 Å². The largest absolute Gasteiger partial charge is 0.377 e. The monoisotopic (exact) mass is 384 g/mol. The highest BCUT2D eigenvalue weighted by atomic mass is 31.2. The zero-order valence-corrected chi connectivity index (χ0v) is 15.6. The number of carbonyl (C=O) groups is 2. The van der Waals surface area contributed by atoms with Gasteiger partial charge in [0.25, 0.3) is 0 Å². The minimum atomic E-state index is -3.79. The van der Waals surface area contributed by atoms with Crippen molar-refractivity contribution in [2.45, 2.75) is 11.5 Å². The summed E-state index contributed by atoms with van der Waals surface area (Å²) in [5, 5.41) is 4.14. The fraction of sp³-hybridized carbons (Fsp3) is 0.211. The molecule has 2 aromatic rings. The summed E-state index contributed by atoms with van der Waals surface area (Å²) in [6.07, 6.45) is 0. The van der Waals surface area contributed by atoms with Crippen LogP contribution in [0.2, 0.25) is 0 Å². The van der Waals surface area contributed by atoms with Crippen LogP contribution in [0.3, 0.4) is 0 Å². The molecule has 7 nitrogen and oxygen atoms in total. The van der Waals surface area contributed by atoms with Crippen LogP contribution < -0.4 is 5.43 Å². The highest BCUT2D eigenvalue weighted by Crippen LogP contribution is 2.58. The Morgan fingerprint density at radius 1 is 0.926 bits per heavy atom. The second-order valence-electron chi connectivity index (χ2n) is 6.30. The van der Waals surface area contributed by atoms with E-state index in [4.69, 9.17) is 9.05 Å². The minimum absolute atomic E-state index is 0.00760.